The van der Waals surface area contributed by atoms with Gasteiger partial charge in [-0.05, 0) is 31.4 Å². The molecule has 0 aromatic carbocycles. The molecule has 1 amide bonds. The lowest BCUT2D eigenvalue weighted by molar-refractivity contribution is -0.133. The highest BCUT2D eigenvalue weighted by atomic mass is 35.5. The van der Waals surface area contributed by atoms with E-state index in [1.54, 1.807) is 4.68 Å². The van der Waals surface area contributed by atoms with Crippen molar-refractivity contribution in [1.82, 2.24) is 20.0 Å². The molecule has 0 bridgehead atoms. The van der Waals surface area contributed by atoms with Gasteiger partial charge in [-0.25, -0.2) is 0 Å². The molecule has 21 heavy (non-hydrogen) atoms. The zero-order valence-electron chi connectivity index (χ0n) is 12.7. The van der Waals surface area contributed by atoms with Crippen molar-refractivity contribution in [1.29, 1.82) is 0 Å². The van der Waals surface area contributed by atoms with Crippen LogP contribution in [0.1, 0.15) is 31.7 Å². The summed E-state index contributed by atoms with van der Waals surface area (Å²) in [5.74, 6) is 0.277. The van der Waals surface area contributed by atoms with Gasteiger partial charge in [0.25, 0.3) is 0 Å². The maximum Gasteiger partial charge on any atom is 0.223 e. The highest BCUT2D eigenvalue weighted by molar-refractivity contribution is 5.85. The zero-order valence-corrected chi connectivity index (χ0v) is 14.4. The van der Waals surface area contributed by atoms with E-state index in [1.807, 2.05) is 19.4 Å². The van der Waals surface area contributed by atoms with E-state index in [0.29, 0.717) is 12.5 Å². The van der Waals surface area contributed by atoms with Gasteiger partial charge in [-0.3, -0.25) is 9.48 Å². The standard InChI is InChI=1S/C14H24N4O.2ClH/c1-3-8-18(13-6-7-15-10-13)14(19)5-4-12-9-16-17(2)11-12;;/h9,11,13,15H,3-8,10H2,1-2H3;2*1H. The number of rotatable bonds is 6. The number of hydrogen-bond acceptors (Lipinski definition) is 3. The van der Waals surface area contributed by atoms with Gasteiger partial charge < -0.3 is 10.2 Å². The summed E-state index contributed by atoms with van der Waals surface area (Å²) < 4.78 is 1.78. The van der Waals surface area contributed by atoms with E-state index in [2.05, 4.69) is 22.2 Å². The first-order valence-electron chi connectivity index (χ1n) is 7.18. The average Bonchev–Trinajstić information content (AvgIpc) is 3.04. The molecule has 1 saturated heterocycles. The van der Waals surface area contributed by atoms with Crippen LogP contribution in [0.25, 0.3) is 0 Å². The minimum absolute atomic E-state index is 0. The molecule has 1 fully saturated rings. The summed E-state index contributed by atoms with van der Waals surface area (Å²) in [6, 6.07) is 0.390. The number of carbonyl (C=O) groups is 1. The van der Waals surface area contributed by atoms with E-state index in [-0.39, 0.29) is 30.7 Å². The van der Waals surface area contributed by atoms with Crippen molar-refractivity contribution in [3.8, 4) is 0 Å². The second-order valence-electron chi connectivity index (χ2n) is 5.26. The maximum atomic E-state index is 12.4. The smallest absolute Gasteiger partial charge is 0.223 e. The van der Waals surface area contributed by atoms with Gasteiger partial charge in [-0.2, -0.15) is 5.10 Å². The Bertz CT molecular complexity index is 419. The first-order valence-corrected chi connectivity index (χ1v) is 7.18. The quantitative estimate of drug-likeness (QED) is 0.861. The Morgan fingerprint density at radius 2 is 2.29 bits per heavy atom. The van der Waals surface area contributed by atoms with E-state index in [9.17, 15) is 4.79 Å². The molecule has 1 N–H and O–H groups in total. The molecule has 1 aromatic rings. The summed E-state index contributed by atoms with van der Waals surface area (Å²) in [5, 5.41) is 7.47. The zero-order chi connectivity index (χ0) is 13.7. The Kier molecular flexibility index (Phi) is 9.66. The van der Waals surface area contributed by atoms with Crippen LogP contribution >= 0.6 is 24.8 Å². The van der Waals surface area contributed by atoms with E-state index >= 15 is 0 Å². The van der Waals surface area contributed by atoms with Crippen molar-refractivity contribution in [3.63, 3.8) is 0 Å². The molecule has 0 saturated carbocycles. The minimum Gasteiger partial charge on any atom is -0.338 e. The lowest BCUT2D eigenvalue weighted by atomic mass is 10.1. The first kappa shape index (κ1) is 20.2. The molecule has 0 radical (unpaired) electrons. The van der Waals surface area contributed by atoms with Gasteiger partial charge in [0, 0.05) is 38.8 Å². The minimum atomic E-state index is 0. The Morgan fingerprint density at radius 3 is 2.81 bits per heavy atom. The normalized spacial score (nSPS) is 17.0. The van der Waals surface area contributed by atoms with Crippen LogP contribution in [0.5, 0.6) is 0 Å². The van der Waals surface area contributed by atoms with E-state index in [1.165, 1.54) is 0 Å². The molecule has 1 aliphatic heterocycles. The third-order valence-electron chi connectivity index (χ3n) is 3.65. The first-order chi connectivity index (χ1) is 9.20. The fraction of sp³-hybridized carbons (Fsp3) is 0.714. The number of nitrogens with zero attached hydrogens (tertiary/aromatic N) is 3. The Balaban J connectivity index is 0.00000200. The van der Waals surface area contributed by atoms with Gasteiger partial charge in [-0.15, -0.1) is 24.8 Å². The van der Waals surface area contributed by atoms with Crippen LogP contribution in [-0.4, -0.2) is 46.3 Å². The molecule has 5 nitrogen and oxygen atoms in total. The van der Waals surface area contributed by atoms with Gasteiger partial charge in [0.05, 0.1) is 6.20 Å². The number of aromatic nitrogens is 2. The van der Waals surface area contributed by atoms with Crippen molar-refractivity contribution in [3.05, 3.63) is 18.0 Å². The third kappa shape index (κ3) is 5.85. The predicted octanol–water partition coefficient (Wildman–Crippen LogP) is 1.80. The molecule has 7 heteroatoms. The SMILES string of the molecule is CCCN(C(=O)CCc1cnn(C)c1)C1CCNC1.Cl.Cl. The van der Waals surface area contributed by atoms with E-state index in [4.69, 9.17) is 0 Å². The summed E-state index contributed by atoms with van der Waals surface area (Å²) >= 11 is 0. The summed E-state index contributed by atoms with van der Waals surface area (Å²) in [5.41, 5.74) is 1.14. The Hall–Kier alpha value is -0.780. The lowest BCUT2D eigenvalue weighted by Gasteiger charge is -2.28. The van der Waals surface area contributed by atoms with Crippen LogP contribution in [0.3, 0.4) is 0 Å². The van der Waals surface area contributed by atoms with Crippen molar-refractivity contribution >= 4 is 30.7 Å². The van der Waals surface area contributed by atoms with Crippen molar-refractivity contribution < 1.29 is 4.79 Å². The molecule has 1 unspecified atom stereocenters. The van der Waals surface area contributed by atoms with Crippen LogP contribution in [0.2, 0.25) is 0 Å². The second kappa shape index (κ2) is 10.0. The molecule has 1 atom stereocenters. The topological polar surface area (TPSA) is 50.2 Å². The van der Waals surface area contributed by atoms with Gasteiger partial charge in [0.1, 0.15) is 0 Å². The van der Waals surface area contributed by atoms with Gasteiger partial charge in [0.15, 0.2) is 0 Å². The fourth-order valence-electron chi connectivity index (χ4n) is 2.65. The summed E-state index contributed by atoms with van der Waals surface area (Å²) in [6.45, 7) is 4.97. The summed E-state index contributed by atoms with van der Waals surface area (Å²) in [4.78, 5) is 14.4. The maximum absolute atomic E-state index is 12.4. The highest BCUT2D eigenvalue weighted by Crippen LogP contribution is 2.12. The molecule has 0 aliphatic carbocycles. The number of hydrogen-bond donors (Lipinski definition) is 1. The van der Waals surface area contributed by atoms with Crippen molar-refractivity contribution in [2.24, 2.45) is 7.05 Å². The second-order valence-corrected chi connectivity index (χ2v) is 5.26. The average molecular weight is 337 g/mol. The van der Waals surface area contributed by atoms with E-state index < -0.39 is 0 Å². The molecular formula is C14H26Cl2N4O. The molecule has 1 aliphatic rings. The summed E-state index contributed by atoms with van der Waals surface area (Å²) in [7, 11) is 1.90. The Morgan fingerprint density at radius 1 is 1.52 bits per heavy atom. The Labute approximate surface area is 139 Å². The van der Waals surface area contributed by atoms with Crippen LogP contribution in [0.15, 0.2) is 12.4 Å². The molecule has 1 aromatic heterocycles. The van der Waals surface area contributed by atoms with Crippen LogP contribution in [0, 0.1) is 0 Å². The van der Waals surface area contributed by atoms with Gasteiger partial charge >= 0.3 is 0 Å². The number of halogens is 2. The fourth-order valence-corrected chi connectivity index (χ4v) is 2.65. The molecular weight excluding hydrogens is 311 g/mol. The number of amides is 1. The van der Waals surface area contributed by atoms with Gasteiger partial charge in [0.2, 0.25) is 5.91 Å². The number of carbonyl (C=O) groups excluding carboxylic acids is 1. The monoisotopic (exact) mass is 336 g/mol. The van der Waals surface area contributed by atoms with Crippen molar-refractivity contribution in [2.45, 2.75) is 38.6 Å². The molecule has 2 rings (SSSR count). The number of nitrogens with one attached hydrogen (secondary N) is 1. The van der Waals surface area contributed by atoms with Crippen LogP contribution in [-0.2, 0) is 18.3 Å². The third-order valence-corrected chi connectivity index (χ3v) is 3.65. The van der Waals surface area contributed by atoms with E-state index in [0.717, 1.165) is 44.5 Å². The number of aryl methyl sites for hydroxylation is 2. The lowest BCUT2D eigenvalue weighted by Crippen LogP contribution is -2.42. The molecule has 2 heterocycles. The highest BCUT2D eigenvalue weighted by Gasteiger charge is 2.25. The summed E-state index contributed by atoms with van der Waals surface area (Å²) in [6.07, 6.45) is 7.30. The van der Waals surface area contributed by atoms with Crippen molar-refractivity contribution in [2.75, 3.05) is 19.6 Å². The molecule has 122 valence electrons. The molecule has 0 spiro atoms. The van der Waals surface area contributed by atoms with Crippen LogP contribution in [0.4, 0.5) is 0 Å². The van der Waals surface area contributed by atoms with Gasteiger partial charge in [-0.1, -0.05) is 6.92 Å². The predicted molar refractivity (Wildman–Crippen MR) is 89.3 cm³/mol. The largest absolute Gasteiger partial charge is 0.338 e. The van der Waals surface area contributed by atoms with Crippen LogP contribution < -0.4 is 5.32 Å².